The number of carbonyl (C=O) groups is 3. The summed E-state index contributed by atoms with van der Waals surface area (Å²) in [4.78, 5) is 42.9. The van der Waals surface area contributed by atoms with Crippen LogP contribution in [0.3, 0.4) is 0 Å². The Morgan fingerprint density at radius 2 is 1.62 bits per heavy atom. The fourth-order valence-electron chi connectivity index (χ4n) is 4.58. The number of hydrogen-bond donors (Lipinski definition) is 2. The van der Waals surface area contributed by atoms with Crippen LogP contribution < -0.4 is 10.6 Å². The standard InChI is InChI=1S/C32H55N3O4/c1-12-13-14-19-33-29(36)28(26-20-23(6)16-17-24(26)7)35(25(8)18-15-21(2)3)30(37)27(22(4)5)34-31(38)39-32(9,10)11/h16-17,20-22,25,27-28H,12-15,18-19H2,1-11H3,(H,33,36)(H,34,38). The lowest BCUT2D eigenvalue weighted by molar-refractivity contribution is -0.146. The first-order valence-electron chi connectivity index (χ1n) is 14.8. The molecule has 39 heavy (non-hydrogen) atoms. The Kier molecular flexibility index (Phi) is 14.0. The van der Waals surface area contributed by atoms with Crippen LogP contribution in [0, 0.1) is 25.7 Å². The van der Waals surface area contributed by atoms with Gasteiger partial charge in [-0.05, 0) is 83.8 Å². The lowest BCUT2D eigenvalue weighted by Crippen LogP contribution is -2.57. The summed E-state index contributed by atoms with van der Waals surface area (Å²) in [6, 6.07) is 4.14. The molecule has 0 aliphatic carbocycles. The highest BCUT2D eigenvalue weighted by atomic mass is 16.6. The summed E-state index contributed by atoms with van der Waals surface area (Å²) in [5, 5.41) is 5.93. The molecular weight excluding hydrogens is 490 g/mol. The van der Waals surface area contributed by atoms with Crippen molar-refractivity contribution in [3.63, 3.8) is 0 Å². The van der Waals surface area contributed by atoms with E-state index in [0.29, 0.717) is 12.5 Å². The Morgan fingerprint density at radius 1 is 0.974 bits per heavy atom. The van der Waals surface area contributed by atoms with Crippen molar-refractivity contribution >= 4 is 17.9 Å². The number of amides is 3. The van der Waals surface area contributed by atoms with Crippen LogP contribution in [0.2, 0.25) is 0 Å². The zero-order valence-electron chi connectivity index (χ0n) is 26.4. The zero-order chi connectivity index (χ0) is 29.9. The summed E-state index contributed by atoms with van der Waals surface area (Å²) >= 11 is 0. The molecule has 222 valence electrons. The van der Waals surface area contributed by atoms with Gasteiger partial charge < -0.3 is 20.3 Å². The molecule has 7 heteroatoms. The first-order chi connectivity index (χ1) is 18.1. The van der Waals surface area contributed by atoms with Gasteiger partial charge in [-0.15, -0.1) is 0 Å². The Balaban J connectivity index is 3.63. The monoisotopic (exact) mass is 545 g/mol. The molecule has 3 amide bonds. The fraction of sp³-hybridized carbons (Fsp3) is 0.719. The first-order valence-corrected chi connectivity index (χ1v) is 14.8. The van der Waals surface area contributed by atoms with Gasteiger partial charge in [-0.1, -0.05) is 71.2 Å². The quantitative estimate of drug-likeness (QED) is 0.250. The molecule has 0 aromatic heterocycles. The van der Waals surface area contributed by atoms with Gasteiger partial charge in [0.25, 0.3) is 0 Å². The van der Waals surface area contributed by atoms with E-state index >= 15 is 0 Å². The van der Waals surface area contributed by atoms with E-state index in [4.69, 9.17) is 4.74 Å². The van der Waals surface area contributed by atoms with Crippen LogP contribution in [-0.2, 0) is 14.3 Å². The molecule has 3 atom stereocenters. The van der Waals surface area contributed by atoms with Crippen LogP contribution in [0.25, 0.3) is 0 Å². The number of unbranched alkanes of at least 4 members (excludes halogenated alkanes) is 2. The number of nitrogens with one attached hydrogen (secondary N) is 2. The van der Waals surface area contributed by atoms with Crippen molar-refractivity contribution in [1.29, 1.82) is 0 Å². The van der Waals surface area contributed by atoms with E-state index in [9.17, 15) is 14.4 Å². The highest BCUT2D eigenvalue weighted by Crippen LogP contribution is 2.31. The molecular formula is C32H55N3O4. The molecule has 2 N–H and O–H groups in total. The second-order valence-electron chi connectivity index (χ2n) is 12.7. The van der Waals surface area contributed by atoms with Gasteiger partial charge in [-0.25, -0.2) is 4.79 Å². The van der Waals surface area contributed by atoms with E-state index in [1.165, 1.54) is 0 Å². The molecule has 0 spiro atoms. The van der Waals surface area contributed by atoms with Gasteiger partial charge in [0.1, 0.15) is 17.7 Å². The molecule has 0 radical (unpaired) electrons. The van der Waals surface area contributed by atoms with Gasteiger partial charge in [-0.3, -0.25) is 9.59 Å². The number of rotatable bonds is 14. The number of carbonyl (C=O) groups excluding carboxylic acids is 3. The lowest BCUT2D eigenvalue weighted by Gasteiger charge is -2.40. The smallest absolute Gasteiger partial charge is 0.408 e. The minimum atomic E-state index is -0.846. The fourth-order valence-corrected chi connectivity index (χ4v) is 4.58. The molecule has 0 saturated carbocycles. The Hall–Kier alpha value is -2.57. The highest BCUT2D eigenvalue weighted by molar-refractivity contribution is 5.92. The van der Waals surface area contributed by atoms with E-state index in [2.05, 4.69) is 31.4 Å². The van der Waals surface area contributed by atoms with E-state index in [-0.39, 0.29) is 23.8 Å². The van der Waals surface area contributed by atoms with Gasteiger partial charge in [-0.2, -0.15) is 0 Å². The van der Waals surface area contributed by atoms with E-state index in [0.717, 1.165) is 48.8 Å². The normalized spacial score (nSPS) is 14.1. The molecule has 0 saturated heterocycles. The number of nitrogens with zero attached hydrogens (tertiary/aromatic N) is 1. The van der Waals surface area contributed by atoms with Gasteiger partial charge >= 0.3 is 6.09 Å². The van der Waals surface area contributed by atoms with Gasteiger partial charge in [0.2, 0.25) is 11.8 Å². The molecule has 0 bridgehead atoms. The second kappa shape index (κ2) is 15.9. The predicted octanol–water partition coefficient (Wildman–Crippen LogP) is 6.85. The first kappa shape index (κ1) is 34.5. The maximum Gasteiger partial charge on any atom is 0.408 e. The van der Waals surface area contributed by atoms with E-state index in [1.807, 2.05) is 52.8 Å². The summed E-state index contributed by atoms with van der Waals surface area (Å²) in [6.45, 7) is 22.1. The topological polar surface area (TPSA) is 87.7 Å². The molecule has 3 unspecified atom stereocenters. The molecule has 0 aliphatic heterocycles. The van der Waals surface area contributed by atoms with E-state index in [1.54, 1.807) is 25.7 Å². The number of hydrogen-bond acceptors (Lipinski definition) is 4. The molecule has 1 aromatic carbocycles. The van der Waals surface area contributed by atoms with Crippen molar-refractivity contribution in [3.05, 3.63) is 34.9 Å². The van der Waals surface area contributed by atoms with E-state index < -0.39 is 23.8 Å². The highest BCUT2D eigenvalue weighted by Gasteiger charge is 2.40. The maximum absolute atomic E-state index is 14.4. The van der Waals surface area contributed by atoms with Crippen molar-refractivity contribution in [2.75, 3.05) is 6.54 Å². The number of alkyl carbamates (subject to hydrolysis) is 1. The number of benzene rings is 1. The third-order valence-corrected chi connectivity index (χ3v) is 6.83. The summed E-state index contributed by atoms with van der Waals surface area (Å²) in [7, 11) is 0. The number of ether oxygens (including phenoxy) is 1. The average Bonchev–Trinajstić information content (AvgIpc) is 2.82. The van der Waals surface area contributed by atoms with Crippen LogP contribution in [-0.4, -0.2) is 47.0 Å². The molecule has 0 aliphatic rings. The van der Waals surface area contributed by atoms with Gasteiger partial charge in [0.05, 0.1) is 0 Å². The van der Waals surface area contributed by atoms with Crippen LogP contribution in [0.4, 0.5) is 4.79 Å². The van der Waals surface area contributed by atoms with Gasteiger partial charge in [0, 0.05) is 12.6 Å². The van der Waals surface area contributed by atoms with Crippen LogP contribution in [0.15, 0.2) is 18.2 Å². The molecule has 1 rings (SSSR count). The van der Waals surface area contributed by atoms with Crippen molar-refractivity contribution in [2.45, 2.75) is 132 Å². The summed E-state index contributed by atoms with van der Waals surface area (Å²) in [5.41, 5.74) is 2.09. The molecule has 1 aromatic rings. The second-order valence-corrected chi connectivity index (χ2v) is 12.7. The van der Waals surface area contributed by atoms with Crippen LogP contribution in [0.5, 0.6) is 0 Å². The Labute approximate surface area is 237 Å². The zero-order valence-corrected chi connectivity index (χ0v) is 26.4. The minimum absolute atomic E-state index is 0.190. The lowest BCUT2D eigenvalue weighted by atomic mass is 9.92. The van der Waals surface area contributed by atoms with Crippen LogP contribution >= 0.6 is 0 Å². The SMILES string of the molecule is CCCCCNC(=O)C(c1cc(C)ccc1C)N(C(=O)C(NC(=O)OC(C)(C)C)C(C)C)C(C)CCC(C)C. The summed E-state index contributed by atoms with van der Waals surface area (Å²) in [6.07, 6.45) is 3.97. The molecule has 0 fully saturated rings. The summed E-state index contributed by atoms with van der Waals surface area (Å²) in [5.74, 6) is -0.227. The van der Waals surface area contributed by atoms with Crippen molar-refractivity contribution in [2.24, 2.45) is 11.8 Å². The average molecular weight is 546 g/mol. The predicted molar refractivity (Wildman–Crippen MR) is 160 cm³/mol. The van der Waals surface area contributed by atoms with Gasteiger partial charge in [0.15, 0.2) is 0 Å². The minimum Gasteiger partial charge on any atom is -0.444 e. The molecule has 7 nitrogen and oxygen atoms in total. The summed E-state index contributed by atoms with van der Waals surface area (Å²) < 4.78 is 5.49. The van der Waals surface area contributed by atoms with Crippen molar-refractivity contribution in [1.82, 2.24) is 15.5 Å². The van der Waals surface area contributed by atoms with Crippen molar-refractivity contribution < 1.29 is 19.1 Å². The number of aryl methyl sites for hydroxylation is 2. The van der Waals surface area contributed by atoms with Crippen molar-refractivity contribution in [3.8, 4) is 0 Å². The largest absolute Gasteiger partial charge is 0.444 e. The van der Waals surface area contributed by atoms with Crippen LogP contribution in [0.1, 0.15) is 117 Å². The maximum atomic E-state index is 14.4. The Bertz CT molecular complexity index is 936. The Morgan fingerprint density at radius 3 is 2.15 bits per heavy atom. The third kappa shape index (κ3) is 11.6. The third-order valence-electron chi connectivity index (χ3n) is 6.83. The molecule has 0 heterocycles.